The van der Waals surface area contributed by atoms with Gasteiger partial charge in [0.25, 0.3) is 6.29 Å². The number of cyclic esters (lactones) is 1. The molecular formula is C25H34O8. The van der Waals surface area contributed by atoms with Gasteiger partial charge >= 0.3 is 23.9 Å². The Balaban J connectivity index is 1.92. The molecule has 2 aliphatic carbocycles. The van der Waals surface area contributed by atoms with E-state index in [1.807, 2.05) is 6.08 Å². The highest BCUT2D eigenvalue weighted by Crippen LogP contribution is 2.62. The van der Waals surface area contributed by atoms with Crippen molar-refractivity contribution in [3.8, 4) is 0 Å². The second kappa shape index (κ2) is 9.69. The Labute approximate surface area is 194 Å². The first-order valence-electron chi connectivity index (χ1n) is 11.5. The van der Waals surface area contributed by atoms with Gasteiger partial charge in [-0.2, -0.15) is 0 Å². The summed E-state index contributed by atoms with van der Waals surface area (Å²) < 4.78 is 20.9. The third-order valence-electron chi connectivity index (χ3n) is 7.95. The van der Waals surface area contributed by atoms with Gasteiger partial charge in [0.15, 0.2) is 0 Å². The monoisotopic (exact) mass is 462 g/mol. The Hall–Kier alpha value is -2.64. The van der Waals surface area contributed by atoms with E-state index < -0.39 is 23.6 Å². The summed E-state index contributed by atoms with van der Waals surface area (Å²) in [4.78, 5) is 47.8. The van der Waals surface area contributed by atoms with Crippen molar-refractivity contribution >= 4 is 23.9 Å². The SMILES string of the molecule is COC(=O)C1=CCC[C@H]2[C@@]1(COC(C)=O)CC[C@@H](C)[C@]2(C)CCC1=CC(=O)O[C@H]1OC(C)=O. The molecule has 0 aromatic carbocycles. The molecule has 1 heterocycles. The van der Waals surface area contributed by atoms with Gasteiger partial charge in [-0.1, -0.05) is 19.9 Å². The maximum absolute atomic E-state index is 12.8. The number of hydrogen-bond donors (Lipinski definition) is 0. The smallest absolute Gasteiger partial charge is 0.334 e. The number of esters is 4. The highest BCUT2D eigenvalue weighted by atomic mass is 16.7. The maximum atomic E-state index is 12.8. The van der Waals surface area contributed by atoms with E-state index in [1.54, 1.807) is 0 Å². The van der Waals surface area contributed by atoms with Crippen LogP contribution in [0.3, 0.4) is 0 Å². The van der Waals surface area contributed by atoms with Crippen LogP contribution in [0.1, 0.15) is 66.2 Å². The van der Waals surface area contributed by atoms with Crippen LogP contribution in [-0.2, 0) is 38.1 Å². The topological polar surface area (TPSA) is 105 Å². The second-order valence-electron chi connectivity index (χ2n) is 9.72. The highest BCUT2D eigenvalue weighted by molar-refractivity contribution is 5.90. The van der Waals surface area contributed by atoms with Crippen molar-refractivity contribution < 1.29 is 38.1 Å². The molecule has 0 radical (unpaired) electrons. The normalized spacial score (nSPS) is 33.2. The zero-order valence-corrected chi connectivity index (χ0v) is 20.1. The number of rotatable bonds is 7. The van der Waals surface area contributed by atoms with Crippen molar-refractivity contribution in [3.63, 3.8) is 0 Å². The Kier molecular flexibility index (Phi) is 7.34. The molecule has 0 aromatic heterocycles. The minimum absolute atomic E-state index is 0.0676. The molecule has 0 saturated heterocycles. The van der Waals surface area contributed by atoms with Crippen LogP contribution < -0.4 is 0 Å². The molecule has 8 nitrogen and oxygen atoms in total. The van der Waals surface area contributed by atoms with E-state index in [0.29, 0.717) is 29.9 Å². The quantitative estimate of drug-likeness (QED) is 0.417. The second-order valence-corrected chi connectivity index (χ2v) is 9.72. The van der Waals surface area contributed by atoms with Crippen molar-refractivity contribution in [1.82, 2.24) is 0 Å². The predicted octanol–water partition coefficient (Wildman–Crippen LogP) is 3.63. The van der Waals surface area contributed by atoms with E-state index >= 15 is 0 Å². The van der Waals surface area contributed by atoms with Crippen molar-refractivity contribution in [2.45, 2.75) is 72.5 Å². The summed E-state index contributed by atoms with van der Waals surface area (Å²) in [5.74, 6) is -1.39. The Bertz CT molecular complexity index is 887. The summed E-state index contributed by atoms with van der Waals surface area (Å²) in [7, 11) is 1.37. The van der Waals surface area contributed by atoms with E-state index in [1.165, 1.54) is 27.0 Å². The van der Waals surface area contributed by atoms with Crippen LogP contribution in [-0.4, -0.2) is 43.9 Å². The molecule has 3 aliphatic rings. The Morgan fingerprint density at radius 2 is 1.91 bits per heavy atom. The lowest BCUT2D eigenvalue weighted by Crippen LogP contribution is -2.54. The number of hydrogen-bond acceptors (Lipinski definition) is 8. The fourth-order valence-electron chi connectivity index (χ4n) is 6.07. The van der Waals surface area contributed by atoms with Crippen molar-refractivity contribution in [1.29, 1.82) is 0 Å². The summed E-state index contributed by atoms with van der Waals surface area (Å²) in [6.07, 6.45) is 6.73. The maximum Gasteiger partial charge on any atom is 0.334 e. The standard InChI is InChI=1S/C25H34O8/c1-15-9-12-25(14-31-16(2)26)19(22(29)30-5)7-6-8-20(25)24(15,4)11-10-18-13-21(28)33-23(18)32-17(3)27/h7,13,15,20,23H,6,8-12,14H2,1-5H3/t15-,20-,23-,24+,25-/m1/s1. The lowest BCUT2D eigenvalue weighted by atomic mass is 9.46. The minimum atomic E-state index is -0.986. The molecule has 0 bridgehead atoms. The predicted molar refractivity (Wildman–Crippen MR) is 117 cm³/mol. The Morgan fingerprint density at radius 1 is 1.18 bits per heavy atom. The van der Waals surface area contributed by atoms with Gasteiger partial charge in [0.1, 0.15) is 6.61 Å². The summed E-state index contributed by atoms with van der Waals surface area (Å²) in [6.45, 7) is 7.21. The van der Waals surface area contributed by atoms with Crippen molar-refractivity contribution in [2.75, 3.05) is 13.7 Å². The molecule has 1 aliphatic heterocycles. The van der Waals surface area contributed by atoms with Crippen LogP contribution in [0.5, 0.6) is 0 Å². The summed E-state index contributed by atoms with van der Waals surface area (Å²) in [5, 5.41) is 0. The van der Waals surface area contributed by atoms with E-state index in [4.69, 9.17) is 18.9 Å². The number of fused-ring (bicyclic) bond motifs is 1. The molecule has 8 heteroatoms. The zero-order chi connectivity index (χ0) is 24.4. The zero-order valence-electron chi connectivity index (χ0n) is 20.1. The summed E-state index contributed by atoms with van der Waals surface area (Å²) >= 11 is 0. The first kappa shape index (κ1) is 25.0. The van der Waals surface area contributed by atoms with E-state index in [0.717, 1.165) is 25.7 Å². The van der Waals surface area contributed by atoms with Gasteiger partial charge in [-0.05, 0) is 55.8 Å². The number of carbonyl (C=O) groups excluding carboxylic acids is 4. The number of ether oxygens (including phenoxy) is 4. The van der Waals surface area contributed by atoms with Crippen molar-refractivity contribution in [2.24, 2.45) is 22.7 Å². The van der Waals surface area contributed by atoms with Crippen LogP contribution in [0.2, 0.25) is 0 Å². The van der Waals surface area contributed by atoms with Gasteiger partial charge in [-0.3, -0.25) is 9.59 Å². The average Bonchev–Trinajstić information content (AvgIpc) is 3.11. The molecule has 0 spiro atoms. The summed E-state index contributed by atoms with van der Waals surface area (Å²) in [6, 6.07) is 0. The first-order chi connectivity index (χ1) is 15.5. The molecular weight excluding hydrogens is 428 g/mol. The molecule has 0 N–H and O–H groups in total. The van der Waals surface area contributed by atoms with Gasteiger partial charge < -0.3 is 18.9 Å². The third kappa shape index (κ3) is 4.84. The molecule has 182 valence electrons. The number of methoxy groups -OCH3 is 1. The molecule has 1 saturated carbocycles. The molecule has 33 heavy (non-hydrogen) atoms. The molecule has 3 rings (SSSR count). The Morgan fingerprint density at radius 3 is 2.55 bits per heavy atom. The molecule has 5 atom stereocenters. The molecule has 0 unspecified atom stereocenters. The third-order valence-corrected chi connectivity index (χ3v) is 7.95. The van der Waals surface area contributed by atoms with Gasteiger partial charge in [0, 0.05) is 36.5 Å². The van der Waals surface area contributed by atoms with Crippen LogP contribution in [0.25, 0.3) is 0 Å². The lowest BCUT2D eigenvalue weighted by molar-refractivity contribution is -0.172. The van der Waals surface area contributed by atoms with E-state index in [9.17, 15) is 19.2 Å². The van der Waals surface area contributed by atoms with Crippen LogP contribution in [0.4, 0.5) is 0 Å². The van der Waals surface area contributed by atoms with E-state index in [-0.39, 0.29) is 29.9 Å². The fourth-order valence-corrected chi connectivity index (χ4v) is 6.07. The van der Waals surface area contributed by atoms with Crippen molar-refractivity contribution in [3.05, 3.63) is 23.3 Å². The molecule has 1 fully saturated rings. The summed E-state index contributed by atoms with van der Waals surface area (Å²) in [5.41, 5.74) is 0.389. The van der Waals surface area contributed by atoms with Gasteiger partial charge in [-0.25, -0.2) is 9.59 Å². The lowest BCUT2D eigenvalue weighted by Gasteiger charge is -2.58. The van der Waals surface area contributed by atoms with Crippen LogP contribution in [0.15, 0.2) is 23.3 Å². The fraction of sp³-hybridized carbons (Fsp3) is 0.680. The minimum Gasteiger partial charge on any atom is -0.466 e. The number of carbonyl (C=O) groups is 4. The van der Waals surface area contributed by atoms with Gasteiger partial charge in [0.2, 0.25) is 0 Å². The van der Waals surface area contributed by atoms with Gasteiger partial charge in [0.05, 0.1) is 7.11 Å². The van der Waals surface area contributed by atoms with Crippen LogP contribution in [0, 0.1) is 22.7 Å². The van der Waals surface area contributed by atoms with Crippen LogP contribution >= 0.6 is 0 Å². The molecule has 0 amide bonds. The highest BCUT2D eigenvalue weighted by Gasteiger charge is 2.58. The first-order valence-corrected chi connectivity index (χ1v) is 11.5. The van der Waals surface area contributed by atoms with E-state index in [2.05, 4.69) is 13.8 Å². The average molecular weight is 463 g/mol. The number of allylic oxidation sites excluding steroid dienone is 1. The largest absolute Gasteiger partial charge is 0.466 e. The molecule has 0 aromatic rings. The van der Waals surface area contributed by atoms with Gasteiger partial charge in [-0.15, -0.1) is 0 Å².